The summed E-state index contributed by atoms with van der Waals surface area (Å²) >= 11 is 3.94. The number of hydrogen-bond donors (Lipinski definition) is 0. The minimum atomic E-state index is -0.191. The van der Waals surface area contributed by atoms with E-state index in [9.17, 15) is 0 Å². The van der Waals surface area contributed by atoms with E-state index in [0.29, 0.717) is 0 Å². The fourth-order valence-corrected chi connectivity index (χ4v) is 18.3. The Kier molecular flexibility index (Phi) is 11.9. The molecular weight excluding hydrogens is 1090 g/mol. The lowest BCUT2D eigenvalue weighted by Gasteiger charge is -2.48. The molecule has 0 unspecified atom stereocenters. The van der Waals surface area contributed by atoms with Gasteiger partial charge in [-0.3, -0.25) is 0 Å². The van der Waals surface area contributed by atoms with E-state index < -0.39 is 0 Å². The van der Waals surface area contributed by atoms with E-state index in [2.05, 4.69) is 292 Å². The van der Waals surface area contributed by atoms with E-state index in [1.54, 1.807) is 0 Å². The monoisotopic (exact) mass is 1170 g/mol. The molecule has 87 heavy (non-hydrogen) atoms. The van der Waals surface area contributed by atoms with Gasteiger partial charge in [0.1, 0.15) is 0 Å². The topological polar surface area (TPSA) is 9.72 Å². The molecule has 10 aromatic carbocycles. The number of nitrogens with zero attached hydrogens (tertiary/aromatic N) is 3. The molecule has 430 valence electrons. The van der Waals surface area contributed by atoms with Crippen LogP contribution in [0.3, 0.4) is 0 Å². The SMILES string of the molecule is Cc1cc2c(cc1N1c3cc(N(c4ccc(-c5ccccc5)cc4)c4ccc(C(C)(C)C)cc4)ccc3B3c4c1cc1c(sc5ccccc51)c4-c1ccc4c(sc5ccccc54)c1N3c1ccc3c(c1)C(C)(C)CCC3(C)C)C(C)(C)CCC2(C)C. The van der Waals surface area contributed by atoms with Crippen molar-refractivity contribution in [2.24, 2.45) is 0 Å². The zero-order chi connectivity index (χ0) is 59.8. The summed E-state index contributed by atoms with van der Waals surface area (Å²) in [4.78, 5) is 8.08. The summed E-state index contributed by atoms with van der Waals surface area (Å²) in [6.07, 6.45) is 4.62. The second-order valence-electron chi connectivity index (χ2n) is 29.4. The Labute approximate surface area is 523 Å². The molecule has 0 saturated carbocycles. The van der Waals surface area contributed by atoms with Crippen LogP contribution in [0.25, 0.3) is 62.6 Å². The lowest BCUT2D eigenvalue weighted by Crippen LogP contribution is -2.61. The molecule has 0 fully saturated rings. The molecule has 0 bridgehead atoms. The molecule has 0 spiro atoms. The Morgan fingerprint density at radius 2 is 1.00 bits per heavy atom. The van der Waals surface area contributed by atoms with Gasteiger partial charge in [0.25, 0.3) is 0 Å². The molecule has 12 aromatic rings. The standard InChI is InChI=1S/C81H76BN3S2/c1-49-44-63-65(81(11,12)43-42-79(63,7)8)48-67(49)84-68-46-55(83(54-32-28-52(29-33-54)77(2,3)4)53-30-26-51(27-31-53)50-20-14-13-15-21-50)35-39-66(68)82-73-69(84)47-61-58-23-17-19-25-71(58)86-75(61)72(73)60-37-36-59-57-22-16-18-24-70(57)87-76(59)74(60)85(82)56-34-38-62-64(45-56)80(9,10)41-40-78(62,5)6/h13-39,44-48H,40-43H2,1-12H3. The largest absolute Gasteiger partial charge is 0.375 e. The molecule has 2 aliphatic heterocycles. The van der Waals surface area contributed by atoms with Crippen LogP contribution in [0, 0.1) is 6.92 Å². The molecule has 2 aliphatic carbocycles. The highest BCUT2D eigenvalue weighted by Crippen LogP contribution is 2.58. The minimum absolute atomic E-state index is 0.00485. The van der Waals surface area contributed by atoms with E-state index in [-0.39, 0.29) is 33.9 Å². The van der Waals surface area contributed by atoms with Crippen LogP contribution < -0.4 is 25.5 Å². The number of rotatable bonds is 6. The molecule has 0 N–H and O–H groups in total. The normalized spacial score (nSPS) is 16.9. The van der Waals surface area contributed by atoms with E-state index >= 15 is 0 Å². The van der Waals surface area contributed by atoms with Gasteiger partial charge in [0.15, 0.2) is 0 Å². The maximum absolute atomic E-state index is 2.84. The van der Waals surface area contributed by atoms with Crippen molar-refractivity contribution >= 4 is 126 Å². The number of aryl methyl sites for hydroxylation is 1. The molecule has 16 rings (SSSR count). The highest BCUT2D eigenvalue weighted by Gasteiger charge is 2.49. The first-order valence-corrected chi connectivity index (χ1v) is 33.3. The zero-order valence-electron chi connectivity index (χ0n) is 52.5. The Morgan fingerprint density at radius 1 is 0.448 bits per heavy atom. The number of benzene rings is 10. The Balaban J connectivity index is 1.04. The summed E-state index contributed by atoms with van der Waals surface area (Å²) in [7, 11) is 0. The van der Waals surface area contributed by atoms with Crippen molar-refractivity contribution in [3.05, 3.63) is 228 Å². The van der Waals surface area contributed by atoms with E-state index in [1.165, 1.54) is 142 Å². The molecule has 6 heteroatoms. The van der Waals surface area contributed by atoms with Gasteiger partial charge >= 0.3 is 6.85 Å². The smallest absolute Gasteiger partial charge is 0.333 e. The minimum Gasteiger partial charge on any atom is -0.375 e. The van der Waals surface area contributed by atoms with Crippen LogP contribution in [0.4, 0.5) is 45.5 Å². The second kappa shape index (κ2) is 19.1. The van der Waals surface area contributed by atoms with Crippen LogP contribution in [0.2, 0.25) is 0 Å². The van der Waals surface area contributed by atoms with Gasteiger partial charge in [0, 0.05) is 86.6 Å². The summed E-state index contributed by atoms with van der Waals surface area (Å²) in [6.45, 7) is 28.9. The fourth-order valence-electron chi connectivity index (χ4n) is 15.8. The molecule has 0 saturated heterocycles. The van der Waals surface area contributed by atoms with Crippen LogP contribution in [0.1, 0.15) is 135 Å². The molecule has 4 heterocycles. The van der Waals surface area contributed by atoms with Crippen LogP contribution in [-0.4, -0.2) is 6.85 Å². The highest BCUT2D eigenvalue weighted by molar-refractivity contribution is 7.27. The summed E-state index contributed by atoms with van der Waals surface area (Å²) in [6, 6.07) is 75.7. The van der Waals surface area contributed by atoms with Gasteiger partial charge in [-0.05, 0) is 188 Å². The first-order valence-electron chi connectivity index (χ1n) is 31.7. The number of anilines is 8. The lowest BCUT2D eigenvalue weighted by molar-refractivity contribution is 0.332. The summed E-state index contributed by atoms with van der Waals surface area (Å²) in [5, 5.41) is 5.27. The number of hydrogen-bond acceptors (Lipinski definition) is 5. The van der Waals surface area contributed by atoms with Crippen molar-refractivity contribution in [3.8, 4) is 22.3 Å². The molecule has 3 nitrogen and oxygen atoms in total. The number of fused-ring (bicyclic) bond motifs is 14. The first kappa shape index (κ1) is 54.5. The van der Waals surface area contributed by atoms with Crippen LogP contribution in [0.15, 0.2) is 194 Å². The van der Waals surface area contributed by atoms with Gasteiger partial charge < -0.3 is 14.6 Å². The maximum Gasteiger partial charge on any atom is 0.333 e. The van der Waals surface area contributed by atoms with Crippen molar-refractivity contribution in [2.45, 2.75) is 136 Å². The molecule has 0 radical (unpaired) electrons. The second-order valence-corrected chi connectivity index (χ2v) is 31.5. The van der Waals surface area contributed by atoms with Crippen molar-refractivity contribution < 1.29 is 0 Å². The molecule has 2 aromatic heterocycles. The molecule has 4 aliphatic rings. The average molecular weight is 1170 g/mol. The third-order valence-corrected chi connectivity index (χ3v) is 23.4. The van der Waals surface area contributed by atoms with E-state index in [0.717, 1.165) is 36.3 Å². The summed E-state index contributed by atoms with van der Waals surface area (Å²) in [5.41, 5.74) is 26.0. The zero-order valence-corrected chi connectivity index (χ0v) is 54.2. The number of thiophene rings is 2. The van der Waals surface area contributed by atoms with E-state index in [4.69, 9.17) is 0 Å². The maximum atomic E-state index is 2.84. The Bertz CT molecular complexity index is 4820. The predicted molar refractivity (Wildman–Crippen MR) is 380 cm³/mol. The Hall–Kier alpha value is -7.90. The third-order valence-electron chi connectivity index (χ3n) is 21.0. The van der Waals surface area contributed by atoms with Gasteiger partial charge in [0.2, 0.25) is 0 Å². The highest BCUT2D eigenvalue weighted by atomic mass is 32.1. The van der Waals surface area contributed by atoms with Crippen LogP contribution in [-0.2, 0) is 27.1 Å². The van der Waals surface area contributed by atoms with Gasteiger partial charge in [-0.15, -0.1) is 22.7 Å². The summed E-state index contributed by atoms with van der Waals surface area (Å²) < 4.78 is 5.35. The molecule has 0 amide bonds. The van der Waals surface area contributed by atoms with Crippen molar-refractivity contribution in [1.29, 1.82) is 0 Å². The van der Waals surface area contributed by atoms with Crippen molar-refractivity contribution in [3.63, 3.8) is 0 Å². The summed E-state index contributed by atoms with van der Waals surface area (Å²) in [5.74, 6) is 0. The third kappa shape index (κ3) is 8.33. The molecule has 0 atom stereocenters. The van der Waals surface area contributed by atoms with Crippen molar-refractivity contribution in [1.82, 2.24) is 0 Å². The fraction of sp³-hybridized carbons (Fsp3) is 0.259. The van der Waals surface area contributed by atoms with Gasteiger partial charge in [0.05, 0.1) is 10.4 Å². The molecular formula is C81H76BN3S2. The van der Waals surface area contributed by atoms with Gasteiger partial charge in [-0.2, -0.15) is 0 Å². The van der Waals surface area contributed by atoms with Gasteiger partial charge in [-0.1, -0.05) is 197 Å². The first-order chi connectivity index (χ1) is 41.6. The predicted octanol–water partition coefficient (Wildman–Crippen LogP) is 22.6. The van der Waals surface area contributed by atoms with Crippen LogP contribution in [0.5, 0.6) is 0 Å². The average Bonchev–Trinajstić information content (AvgIpc) is 1.66. The van der Waals surface area contributed by atoms with Gasteiger partial charge in [-0.25, -0.2) is 0 Å². The van der Waals surface area contributed by atoms with Crippen LogP contribution >= 0.6 is 22.7 Å². The lowest BCUT2D eigenvalue weighted by atomic mass is 9.43. The van der Waals surface area contributed by atoms with E-state index in [1.807, 2.05) is 22.7 Å². The van der Waals surface area contributed by atoms with Crippen molar-refractivity contribution in [2.75, 3.05) is 14.6 Å². The quantitative estimate of drug-likeness (QED) is 0.154. The Morgan fingerprint density at radius 3 is 1.66 bits per heavy atom.